The lowest BCUT2D eigenvalue weighted by Gasteiger charge is -1.78. The number of halogens is 1. The van der Waals surface area contributed by atoms with E-state index in [4.69, 9.17) is 0 Å². The van der Waals surface area contributed by atoms with E-state index >= 15 is 0 Å². The van der Waals surface area contributed by atoms with Gasteiger partial charge in [0, 0.05) is 6.20 Å². The molecule has 0 aromatic carbocycles. The highest BCUT2D eigenvalue weighted by Gasteiger charge is 1.78. The highest BCUT2D eigenvalue weighted by atomic mass is 79.9. The van der Waals surface area contributed by atoms with Crippen molar-refractivity contribution in [1.29, 1.82) is 0 Å². The number of aromatic nitrogens is 2. The van der Waals surface area contributed by atoms with E-state index in [1.165, 1.54) is 6.33 Å². The van der Waals surface area contributed by atoms with E-state index in [0.717, 1.165) is 4.47 Å². The van der Waals surface area contributed by atoms with Gasteiger partial charge in [-0.2, -0.15) is 0 Å². The van der Waals surface area contributed by atoms with Crippen LogP contribution in [-0.4, -0.2) is 9.97 Å². The molecule has 0 saturated carbocycles. The first-order chi connectivity index (χ1) is 3.39. The maximum absolute atomic E-state index is 3.70. The highest BCUT2D eigenvalue weighted by Crippen LogP contribution is 1.99. The first-order valence-corrected chi connectivity index (χ1v) is 2.52. The smallest absolute Gasteiger partial charge is 0.116 e. The number of hydrogen-bond donors (Lipinski definition) is 0. The Balaban J connectivity index is 3.02. The van der Waals surface area contributed by atoms with Gasteiger partial charge in [0.2, 0.25) is 0 Å². The van der Waals surface area contributed by atoms with Crippen molar-refractivity contribution in [1.82, 2.24) is 9.97 Å². The van der Waals surface area contributed by atoms with Crippen LogP contribution in [0.3, 0.4) is 0 Å². The van der Waals surface area contributed by atoms with E-state index in [0.29, 0.717) is 0 Å². The van der Waals surface area contributed by atoms with Crippen molar-refractivity contribution < 1.29 is 0 Å². The van der Waals surface area contributed by atoms with Crippen LogP contribution in [0, 0.1) is 6.20 Å². The van der Waals surface area contributed by atoms with E-state index in [9.17, 15) is 0 Å². The second kappa shape index (κ2) is 2.02. The Hall–Kier alpha value is -0.440. The molecule has 0 amide bonds. The first kappa shape index (κ1) is 4.71. The molecular weight excluding hydrogens is 156 g/mol. The first-order valence-electron chi connectivity index (χ1n) is 1.73. The van der Waals surface area contributed by atoms with Gasteiger partial charge in [-0.1, -0.05) is 0 Å². The second-order valence-corrected chi connectivity index (χ2v) is 1.84. The van der Waals surface area contributed by atoms with Gasteiger partial charge < -0.3 is 0 Å². The predicted octanol–water partition coefficient (Wildman–Crippen LogP) is 1.04. The molecule has 1 aromatic rings. The monoisotopic (exact) mass is 157 g/mol. The number of nitrogens with zero attached hydrogens (tertiary/aromatic N) is 2. The summed E-state index contributed by atoms with van der Waals surface area (Å²) < 4.78 is 0.787. The standard InChI is InChI=1S/C4H2BrN2/c5-4-1-6-3-7-2-4/h1,3H. The Morgan fingerprint density at radius 3 is 2.86 bits per heavy atom. The summed E-state index contributed by atoms with van der Waals surface area (Å²) >= 11 is 3.13. The number of rotatable bonds is 0. The minimum Gasteiger partial charge on any atom is -0.244 e. The summed E-state index contributed by atoms with van der Waals surface area (Å²) in [7, 11) is 0. The molecule has 0 saturated heterocycles. The average Bonchev–Trinajstić information content (AvgIpc) is 1.69. The molecular formula is C4H2BrN2. The van der Waals surface area contributed by atoms with Crippen LogP contribution < -0.4 is 0 Å². The fourth-order valence-electron chi connectivity index (χ4n) is 0.252. The van der Waals surface area contributed by atoms with E-state index in [1.807, 2.05) is 0 Å². The van der Waals surface area contributed by atoms with Crippen molar-refractivity contribution in [2.75, 3.05) is 0 Å². The molecule has 0 bridgehead atoms. The molecule has 1 radical (unpaired) electrons. The lowest BCUT2D eigenvalue weighted by molar-refractivity contribution is 1.14. The maximum Gasteiger partial charge on any atom is 0.116 e. The largest absolute Gasteiger partial charge is 0.244 e. The quantitative estimate of drug-likeness (QED) is 0.563. The Morgan fingerprint density at radius 2 is 2.57 bits per heavy atom. The van der Waals surface area contributed by atoms with Gasteiger partial charge in [0.25, 0.3) is 0 Å². The van der Waals surface area contributed by atoms with Crippen molar-refractivity contribution in [2.24, 2.45) is 0 Å². The van der Waals surface area contributed by atoms with Gasteiger partial charge in [0.15, 0.2) is 0 Å². The average molecular weight is 158 g/mol. The summed E-state index contributed by atoms with van der Waals surface area (Å²) in [5, 5.41) is 0. The van der Waals surface area contributed by atoms with Gasteiger partial charge in [-0.15, -0.1) is 0 Å². The van der Waals surface area contributed by atoms with Crippen molar-refractivity contribution in [3.8, 4) is 0 Å². The fourth-order valence-corrected chi connectivity index (χ4v) is 0.472. The van der Waals surface area contributed by atoms with Crippen molar-refractivity contribution in [3.05, 3.63) is 23.2 Å². The zero-order valence-electron chi connectivity index (χ0n) is 3.43. The van der Waals surface area contributed by atoms with Crippen LogP contribution in [0.2, 0.25) is 0 Å². The second-order valence-electron chi connectivity index (χ2n) is 0.982. The van der Waals surface area contributed by atoms with Gasteiger partial charge in [-0.25, -0.2) is 9.97 Å². The molecule has 7 heavy (non-hydrogen) atoms. The van der Waals surface area contributed by atoms with E-state index < -0.39 is 0 Å². The summed E-state index contributed by atoms with van der Waals surface area (Å²) in [4.78, 5) is 7.30. The molecule has 35 valence electrons. The van der Waals surface area contributed by atoms with Crippen LogP contribution >= 0.6 is 15.9 Å². The highest BCUT2D eigenvalue weighted by molar-refractivity contribution is 9.10. The van der Waals surface area contributed by atoms with Crippen molar-refractivity contribution in [3.63, 3.8) is 0 Å². The molecule has 1 heterocycles. The SMILES string of the molecule is Brc1[c]ncnc1. The molecule has 0 aliphatic rings. The van der Waals surface area contributed by atoms with Crippen LogP contribution in [0.4, 0.5) is 0 Å². The molecule has 1 aromatic heterocycles. The van der Waals surface area contributed by atoms with Crippen LogP contribution in [0.5, 0.6) is 0 Å². The van der Waals surface area contributed by atoms with Gasteiger partial charge in [-0.05, 0) is 15.9 Å². The topological polar surface area (TPSA) is 25.8 Å². The Labute approximate surface area is 49.7 Å². The number of hydrogen-bond acceptors (Lipinski definition) is 2. The fraction of sp³-hybridized carbons (Fsp3) is 0. The molecule has 0 unspecified atom stereocenters. The Bertz CT molecular complexity index is 140. The van der Waals surface area contributed by atoms with Crippen LogP contribution in [0.1, 0.15) is 0 Å². The predicted molar refractivity (Wildman–Crippen MR) is 28.6 cm³/mol. The zero-order valence-corrected chi connectivity index (χ0v) is 5.01. The van der Waals surface area contributed by atoms with Crippen molar-refractivity contribution >= 4 is 15.9 Å². The van der Waals surface area contributed by atoms with Crippen molar-refractivity contribution in [2.45, 2.75) is 0 Å². The van der Waals surface area contributed by atoms with Gasteiger partial charge in [0.1, 0.15) is 12.5 Å². The Morgan fingerprint density at radius 1 is 1.71 bits per heavy atom. The molecule has 0 aliphatic carbocycles. The molecule has 0 fully saturated rings. The van der Waals surface area contributed by atoms with E-state index in [-0.39, 0.29) is 0 Å². The molecule has 0 aliphatic heterocycles. The Kier molecular flexibility index (Phi) is 1.36. The lowest BCUT2D eigenvalue weighted by atomic mass is 10.7. The van der Waals surface area contributed by atoms with Gasteiger partial charge in [0.05, 0.1) is 4.47 Å². The summed E-state index contributed by atoms with van der Waals surface area (Å²) in [6.45, 7) is 0. The summed E-state index contributed by atoms with van der Waals surface area (Å²) in [6.07, 6.45) is 5.70. The maximum atomic E-state index is 3.70. The molecule has 0 spiro atoms. The third-order valence-corrected chi connectivity index (χ3v) is 0.866. The van der Waals surface area contributed by atoms with Crippen LogP contribution in [0.15, 0.2) is 17.0 Å². The molecule has 2 nitrogen and oxygen atoms in total. The summed E-state index contributed by atoms with van der Waals surface area (Å²) in [5.74, 6) is 0. The van der Waals surface area contributed by atoms with Gasteiger partial charge >= 0.3 is 0 Å². The van der Waals surface area contributed by atoms with E-state index in [2.05, 4.69) is 32.1 Å². The third-order valence-electron chi connectivity index (χ3n) is 0.484. The molecule has 1 rings (SSSR count). The molecule has 0 atom stereocenters. The van der Waals surface area contributed by atoms with Crippen LogP contribution in [0.25, 0.3) is 0 Å². The van der Waals surface area contributed by atoms with Gasteiger partial charge in [-0.3, -0.25) is 0 Å². The molecule has 0 N–H and O–H groups in total. The lowest BCUT2D eigenvalue weighted by Crippen LogP contribution is -1.72. The van der Waals surface area contributed by atoms with Crippen LogP contribution in [-0.2, 0) is 0 Å². The summed E-state index contributed by atoms with van der Waals surface area (Å²) in [6, 6.07) is 0. The zero-order chi connectivity index (χ0) is 5.11. The molecule has 3 heteroatoms. The minimum atomic E-state index is 0.787. The normalized spacial score (nSPS) is 8.71. The third kappa shape index (κ3) is 1.23. The van der Waals surface area contributed by atoms with E-state index in [1.54, 1.807) is 6.20 Å². The minimum absolute atomic E-state index is 0.787. The summed E-state index contributed by atoms with van der Waals surface area (Å²) in [5.41, 5.74) is 0.